The van der Waals surface area contributed by atoms with Crippen molar-refractivity contribution in [1.29, 1.82) is 0 Å². The summed E-state index contributed by atoms with van der Waals surface area (Å²) in [6.07, 6.45) is 3.15. The van der Waals surface area contributed by atoms with Gasteiger partial charge in [-0.3, -0.25) is 0 Å². The van der Waals surface area contributed by atoms with Crippen LogP contribution in [0.3, 0.4) is 0 Å². The van der Waals surface area contributed by atoms with Crippen molar-refractivity contribution in [3.63, 3.8) is 0 Å². The highest BCUT2D eigenvalue weighted by Crippen LogP contribution is 2.21. The molecule has 0 unspecified atom stereocenters. The number of aromatic nitrogens is 2. The summed E-state index contributed by atoms with van der Waals surface area (Å²) in [5.41, 5.74) is 4.75. The molecule has 0 amide bonds. The lowest BCUT2D eigenvalue weighted by atomic mass is 10.1. The fraction of sp³-hybridized carbons (Fsp3) is 0.333. The highest BCUT2D eigenvalue weighted by molar-refractivity contribution is 5.56. The zero-order valence-corrected chi connectivity index (χ0v) is 12.4. The van der Waals surface area contributed by atoms with Crippen LogP contribution in [0.25, 0.3) is 0 Å². The van der Waals surface area contributed by atoms with E-state index in [1.807, 2.05) is 25.1 Å². The number of methoxy groups -OCH3 is 1. The van der Waals surface area contributed by atoms with Crippen LogP contribution in [0.5, 0.6) is 5.75 Å². The maximum atomic E-state index is 5.47. The second kappa shape index (κ2) is 7.44. The molecule has 21 heavy (non-hydrogen) atoms. The molecule has 0 bridgehead atoms. The van der Waals surface area contributed by atoms with Gasteiger partial charge in [0.2, 0.25) is 0 Å². The van der Waals surface area contributed by atoms with E-state index in [4.69, 9.17) is 10.6 Å². The Morgan fingerprint density at radius 2 is 1.95 bits per heavy atom. The zero-order valence-electron chi connectivity index (χ0n) is 12.4. The van der Waals surface area contributed by atoms with E-state index in [1.54, 1.807) is 7.11 Å². The van der Waals surface area contributed by atoms with E-state index >= 15 is 0 Å². The number of ether oxygens (including phenoxy) is 1. The van der Waals surface area contributed by atoms with Crippen LogP contribution in [0, 0.1) is 0 Å². The zero-order chi connectivity index (χ0) is 15.1. The lowest BCUT2D eigenvalue weighted by Crippen LogP contribution is -2.15. The molecule has 1 aromatic carbocycles. The quantitative estimate of drug-likeness (QED) is 0.533. The van der Waals surface area contributed by atoms with Crippen molar-refractivity contribution in [3.8, 4) is 5.75 Å². The average molecular weight is 287 g/mol. The van der Waals surface area contributed by atoms with Gasteiger partial charge < -0.3 is 15.5 Å². The predicted octanol–water partition coefficient (Wildman–Crippen LogP) is 1.99. The Hall–Kier alpha value is -2.34. The number of rotatable bonds is 7. The standard InChI is InChI=1S/C15H21N5O/c1-3-12-14(18-10-19-15(12)20-16)17-9-8-11-6-4-5-7-13(11)21-2/h4-7,10H,3,8-9,16H2,1-2H3,(H2,17,18,19,20). The molecule has 2 aromatic rings. The van der Waals surface area contributed by atoms with Gasteiger partial charge in [0, 0.05) is 12.1 Å². The lowest BCUT2D eigenvalue weighted by molar-refractivity contribution is 0.410. The van der Waals surface area contributed by atoms with Crippen LogP contribution < -0.4 is 21.3 Å². The van der Waals surface area contributed by atoms with E-state index < -0.39 is 0 Å². The first kappa shape index (κ1) is 15.1. The Labute approximate surface area is 124 Å². The SMILES string of the molecule is CCc1c(NN)ncnc1NCCc1ccccc1OC. The lowest BCUT2D eigenvalue weighted by Gasteiger charge is -2.13. The molecule has 0 atom stereocenters. The first-order chi connectivity index (χ1) is 10.3. The Morgan fingerprint density at radius 3 is 2.67 bits per heavy atom. The van der Waals surface area contributed by atoms with Gasteiger partial charge >= 0.3 is 0 Å². The molecule has 6 heteroatoms. The molecule has 0 saturated carbocycles. The van der Waals surface area contributed by atoms with Crippen molar-refractivity contribution >= 4 is 11.6 Å². The molecule has 2 rings (SSSR count). The number of hydrazine groups is 1. The third-order valence-corrected chi connectivity index (χ3v) is 3.31. The second-order valence-electron chi connectivity index (χ2n) is 4.54. The molecule has 0 aliphatic carbocycles. The van der Waals surface area contributed by atoms with Crippen molar-refractivity contribution in [3.05, 3.63) is 41.7 Å². The highest BCUT2D eigenvalue weighted by atomic mass is 16.5. The summed E-state index contributed by atoms with van der Waals surface area (Å²) in [6.45, 7) is 2.80. The van der Waals surface area contributed by atoms with Crippen molar-refractivity contribution < 1.29 is 4.74 Å². The number of nitrogens with two attached hydrogens (primary N) is 1. The highest BCUT2D eigenvalue weighted by Gasteiger charge is 2.08. The minimum atomic E-state index is 0.660. The summed E-state index contributed by atoms with van der Waals surface area (Å²) in [5, 5.41) is 3.34. The number of hydrogen-bond donors (Lipinski definition) is 3. The monoisotopic (exact) mass is 287 g/mol. The molecule has 1 heterocycles. The molecular weight excluding hydrogens is 266 g/mol. The van der Waals surface area contributed by atoms with Crippen molar-refractivity contribution in [2.24, 2.45) is 5.84 Å². The van der Waals surface area contributed by atoms with E-state index in [9.17, 15) is 0 Å². The van der Waals surface area contributed by atoms with Crippen LogP contribution in [-0.4, -0.2) is 23.6 Å². The number of nitrogen functional groups attached to an aromatic ring is 1. The van der Waals surface area contributed by atoms with E-state index in [-0.39, 0.29) is 0 Å². The van der Waals surface area contributed by atoms with Gasteiger partial charge in [0.05, 0.1) is 7.11 Å². The first-order valence-corrected chi connectivity index (χ1v) is 6.96. The number of hydrogen-bond acceptors (Lipinski definition) is 6. The molecule has 4 N–H and O–H groups in total. The van der Waals surface area contributed by atoms with Crippen LogP contribution >= 0.6 is 0 Å². The van der Waals surface area contributed by atoms with Gasteiger partial charge in [0.1, 0.15) is 23.7 Å². The van der Waals surface area contributed by atoms with Crippen LogP contribution in [0.15, 0.2) is 30.6 Å². The third-order valence-electron chi connectivity index (χ3n) is 3.31. The van der Waals surface area contributed by atoms with Gasteiger partial charge in [-0.15, -0.1) is 0 Å². The molecule has 0 fully saturated rings. The molecule has 6 nitrogen and oxygen atoms in total. The largest absolute Gasteiger partial charge is 0.496 e. The van der Waals surface area contributed by atoms with Crippen molar-refractivity contribution in [2.45, 2.75) is 19.8 Å². The smallest absolute Gasteiger partial charge is 0.148 e. The van der Waals surface area contributed by atoms with Gasteiger partial charge in [-0.25, -0.2) is 15.8 Å². The topological polar surface area (TPSA) is 85.1 Å². The van der Waals surface area contributed by atoms with Crippen LogP contribution in [0.4, 0.5) is 11.6 Å². The molecular formula is C15H21N5O. The maximum Gasteiger partial charge on any atom is 0.148 e. The summed E-state index contributed by atoms with van der Waals surface area (Å²) >= 11 is 0. The Kier molecular flexibility index (Phi) is 5.34. The molecule has 112 valence electrons. The second-order valence-corrected chi connectivity index (χ2v) is 4.54. The molecule has 0 aliphatic heterocycles. The summed E-state index contributed by atoms with van der Waals surface area (Å²) in [6, 6.07) is 8.01. The number of anilines is 2. The molecule has 0 aliphatic rings. The number of para-hydroxylation sites is 1. The normalized spacial score (nSPS) is 10.2. The molecule has 0 radical (unpaired) electrons. The van der Waals surface area contributed by atoms with Gasteiger partial charge in [-0.1, -0.05) is 25.1 Å². The summed E-state index contributed by atoms with van der Waals surface area (Å²) in [7, 11) is 1.69. The van der Waals surface area contributed by atoms with E-state index in [1.165, 1.54) is 6.33 Å². The fourth-order valence-electron chi connectivity index (χ4n) is 2.25. The van der Waals surface area contributed by atoms with Crippen LogP contribution in [0.2, 0.25) is 0 Å². The Balaban J connectivity index is 2.04. The van der Waals surface area contributed by atoms with Gasteiger partial charge in [-0.05, 0) is 24.5 Å². The fourth-order valence-corrected chi connectivity index (χ4v) is 2.25. The molecule has 0 spiro atoms. The van der Waals surface area contributed by atoms with Gasteiger partial charge in [-0.2, -0.15) is 0 Å². The summed E-state index contributed by atoms with van der Waals surface area (Å²) in [4.78, 5) is 8.40. The Morgan fingerprint density at radius 1 is 1.19 bits per heavy atom. The summed E-state index contributed by atoms with van der Waals surface area (Å²) in [5.74, 6) is 7.85. The molecule has 1 aromatic heterocycles. The maximum absolute atomic E-state index is 5.47. The third kappa shape index (κ3) is 3.61. The number of nitrogens with zero attached hydrogens (tertiary/aromatic N) is 2. The molecule has 0 saturated heterocycles. The van der Waals surface area contributed by atoms with Gasteiger partial charge in [0.15, 0.2) is 0 Å². The van der Waals surface area contributed by atoms with E-state index in [2.05, 4.69) is 26.8 Å². The minimum absolute atomic E-state index is 0.660. The number of nitrogens with one attached hydrogen (secondary N) is 2. The summed E-state index contributed by atoms with van der Waals surface area (Å²) < 4.78 is 5.35. The van der Waals surface area contributed by atoms with Gasteiger partial charge in [0.25, 0.3) is 0 Å². The average Bonchev–Trinajstić information content (AvgIpc) is 2.54. The van der Waals surface area contributed by atoms with E-state index in [0.29, 0.717) is 5.82 Å². The van der Waals surface area contributed by atoms with Crippen LogP contribution in [-0.2, 0) is 12.8 Å². The van der Waals surface area contributed by atoms with Crippen molar-refractivity contribution in [1.82, 2.24) is 9.97 Å². The van der Waals surface area contributed by atoms with E-state index in [0.717, 1.165) is 42.1 Å². The predicted molar refractivity (Wildman–Crippen MR) is 84.4 cm³/mol. The minimum Gasteiger partial charge on any atom is -0.496 e. The number of benzene rings is 1. The Bertz CT molecular complexity index is 588. The first-order valence-electron chi connectivity index (χ1n) is 6.96. The van der Waals surface area contributed by atoms with Crippen LogP contribution in [0.1, 0.15) is 18.1 Å². The van der Waals surface area contributed by atoms with Crippen molar-refractivity contribution in [2.75, 3.05) is 24.4 Å².